The Labute approximate surface area is 160 Å². The number of hydrogen-bond acceptors (Lipinski definition) is 4. The Morgan fingerprint density at radius 2 is 2.19 bits per heavy atom. The van der Waals surface area contributed by atoms with Crippen LogP contribution >= 0.6 is 24.2 Å². The molecule has 0 spiro atoms. The molecule has 1 heterocycles. The van der Waals surface area contributed by atoms with Crippen LogP contribution in [0.1, 0.15) is 24.8 Å². The third-order valence-corrected chi connectivity index (χ3v) is 6.00. The fraction of sp³-hybridized carbons (Fsp3) is 0.588. The molecule has 1 N–H and O–H groups in total. The summed E-state index contributed by atoms with van der Waals surface area (Å²) in [6, 6.07) is 4.76. The summed E-state index contributed by atoms with van der Waals surface area (Å²) in [6.07, 6.45) is 2.52. The molecule has 26 heavy (non-hydrogen) atoms. The quantitative estimate of drug-likeness (QED) is 0.727. The van der Waals surface area contributed by atoms with Crippen molar-refractivity contribution >= 4 is 30.1 Å². The van der Waals surface area contributed by atoms with Crippen LogP contribution in [0.5, 0.6) is 5.75 Å². The van der Waals surface area contributed by atoms with Crippen molar-refractivity contribution in [2.75, 3.05) is 20.2 Å². The van der Waals surface area contributed by atoms with E-state index in [-0.39, 0.29) is 40.7 Å². The van der Waals surface area contributed by atoms with Crippen molar-refractivity contribution in [3.8, 4) is 5.75 Å². The summed E-state index contributed by atoms with van der Waals surface area (Å²) in [5.74, 6) is -0.431. The molecule has 2 fully saturated rings. The summed E-state index contributed by atoms with van der Waals surface area (Å²) in [4.78, 5) is 13.8. The van der Waals surface area contributed by atoms with Crippen molar-refractivity contribution in [1.29, 1.82) is 0 Å². The zero-order chi connectivity index (χ0) is 18.2. The second kappa shape index (κ2) is 7.86. The predicted molar refractivity (Wildman–Crippen MR) is 94.8 cm³/mol. The molecule has 1 aliphatic carbocycles. The van der Waals surface area contributed by atoms with Gasteiger partial charge in [-0.05, 0) is 48.2 Å². The van der Waals surface area contributed by atoms with Gasteiger partial charge < -0.3 is 9.84 Å². The lowest BCUT2D eigenvalue weighted by Gasteiger charge is -2.23. The van der Waals surface area contributed by atoms with Crippen molar-refractivity contribution in [3.05, 3.63) is 23.8 Å². The highest BCUT2D eigenvalue weighted by Gasteiger charge is 2.54. The SMILES string of the molecule is COc1ccc(CN2C[C@@H]3CCC[C@@]3(C(=O)O)C2)cc1SC(F)(F)F.Cl. The van der Waals surface area contributed by atoms with Crippen LogP contribution in [-0.4, -0.2) is 41.7 Å². The molecular formula is C17H21ClF3NO3S. The number of aliphatic carboxylic acids is 1. The van der Waals surface area contributed by atoms with Crippen LogP contribution in [0.2, 0.25) is 0 Å². The molecule has 1 aromatic rings. The summed E-state index contributed by atoms with van der Waals surface area (Å²) >= 11 is -0.193. The van der Waals surface area contributed by atoms with E-state index in [9.17, 15) is 23.1 Å². The first-order valence-electron chi connectivity index (χ1n) is 8.12. The topological polar surface area (TPSA) is 49.8 Å². The Morgan fingerprint density at radius 1 is 1.46 bits per heavy atom. The minimum atomic E-state index is -4.38. The maximum Gasteiger partial charge on any atom is 0.446 e. The Balaban J connectivity index is 0.00000243. The molecule has 0 amide bonds. The molecule has 2 aliphatic rings. The standard InChI is InChI=1S/C17H20F3NO3S.ClH/c1-24-13-5-4-11(7-14(13)25-17(18,19)20)8-21-9-12-3-2-6-16(12,10-21)15(22)23;/h4-5,7,12H,2-3,6,8-10H2,1H3,(H,22,23);1H/t12-,16+;/m0./s1. The molecule has 0 aromatic heterocycles. The fourth-order valence-electron chi connectivity index (χ4n) is 4.15. The van der Waals surface area contributed by atoms with Gasteiger partial charge in [0.25, 0.3) is 0 Å². The highest BCUT2D eigenvalue weighted by atomic mass is 35.5. The van der Waals surface area contributed by atoms with E-state index >= 15 is 0 Å². The molecule has 0 radical (unpaired) electrons. The molecule has 4 nitrogen and oxygen atoms in total. The molecular weight excluding hydrogens is 391 g/mol. The van der Waals surface area contributed by atoms with Crippen LogP contribution < -0.4 is 4.74 Å². The lowest BCUT2D eigenvalue weighted by atomic mass is 9.81. The first-order chi connectivity index (χ1) is 11.7. The molecule has 3 rings (SSSR count). The van der Waals surface area contributed by atoms with Gasteiger partial charge in [-0.2, -0.15) is 13.2 Å². The van der Waals surface area contributed by atoms with Crippen LogP contribution in [0, 0.1) is 11.3 Å². The number of methoxy groups -OCH3 is 1. The molecule has 2 atom stereocenters. The number of hydrogen-bond donors (Lipinski definition) is 1. The zero-order valence-electron chi connectivity index (χ0n) is 14.2. The highest BCUT2D eigenvalue weighted by Crippen LogP contribution is 2.49. The van der Waals surface area contributed by atoms with E-state index in [0.29, 0.717) is 26.1 Å². The summed E-state index contributed by atoms with van der Waals surface area (Å²) < 4.78 is 43.2. The number of rotatable bonds is 5. The number of fused-ring (bicyclic) bond motifs is 1. The van der Waals surface area contributed by atoms with Crippen molar-refractivity contribution in [2.45, 2.75) is 36.2 Å². The molecule has 1 aromatic carbocycles. The van der Waals surface area contributed by atoms with E-state index in [1.165, 1.54) is 19.2 Å². The van der Waals surface area contributed by atoms with Crippen LogP contribution in [0.25, 0.3) is 0 Å². The third-order valence-electron chi connectivity index (χ3n) is 5.23. The van der Waals surface area contributed by atoms with Crippen molar-refractivity contribution in [1.82, 2.24) is 4.90 Å². The van der Waals surface area contributed by atoms with Gasteiger partial charge in [-0.15, -0.1) is 12.4 Å². The van der Waals surface area contributed by atoms with Crippen molar-refractivity contribution in [3.63, 3.8) is 0 Å². The largest absolute Gasteiger partial charge is 0.496 e. The predicted octanol–water partition coefficient (Wildman–Crippen LogP) is 4.42. The van der Waals surface area contributed by atoms with Crippen LogP contribution in [-0.2, 0) is 11.3 Å². The highest BCUT2D eigenvalue weighted by molar-refractivity contribution is 8.00. The average molecular weight is 412 g/mol. The number of ether oxygens (including phenoxy) is 1. The van der Waals surface area contributed by atoms with Crippen molar-refractivity contribution in [2.24, 2.45) is 11.3 Å². The van der Waals surface area contributed by atoms with Gasteiger partial charge in [0.05, 0.1) is 17.4 Å². The smallest absolute Gasteiger partial charge is 0.446 e. The van der Waals surface area contributed by atoms with E-state index in [2.05, 4.69) is 0 Å². The second-order valence-electron chi connectivity index (χ2n) is 6.75. The number of carboxylic acids is 1. The van der Waals surface area contributed by atoms with E-state index in [1.54, 1.807) is 6.07 Å². The van der Waals surface area contributed by atoms with E-state index < -0.39 is 16.9 Å². The summed E-state index contributed by atoms with van der Waals surface area (Å²) in [5.41, 5.74) is -4.34. The van der Waals surface area contributed by atoms with Crippen molar-refractivity contribution < 1.29 is 27.8 Å². The Bertz CT molecular complexity index is 673. The number of likely N-dealkylation sites (tertiary alicyclic amines) is 1. The van der Waals surface area contributed by atoms with Gasteiger partial charge in [0.1, 0.15) is 5.75 Å². The molecule has 146 valence electrons. The summed E-state index contributed by atoms with van der Waals surface area (Å²) in [6.45, 7) is 1.59. The number of thioether (sulfide) groups is 1. The molecule has 1 saturated carbocycles. The zero-order valence-corrected chi connectivity index (χ0v) is 15.8. The first-order valence-corrected chi connectivity index (χ1v) is 8.93. The number of carbonyl (C=O) groups is 1. The number of nitrogens with zero attached hydrogens (tertiary/aromatic N) is 1. The lowest BCUT2D eigenvalue weighted by molar-refractivity contribution is -0.149. The maximum absolute atomic E-state index is 12.7. The Hall–Kier alpha value is -1.12. The van der Waals surface area contributed by atoms with Crippen LogP contribution in [0.4, 0.5) is 13.2 Å². The Kier molecular flexibility index (Phi) is 6.40. The third kappa shape index (κ3) is 4.23. The number of alkyl halides is 3. The van der Waals surface area contributed by atoms with Gasteiger partial charge in [-0.1, -0.05) is 12.5 Å². The van der Waals surface area contributed by atoms with Crippen LogP contribution in [0.15, 0.2) is 23.1 Å². The Morgan fingerprint density at radius 3 is 2.77 bits per heavy atom. The van der Waals surface area contributed by atoms with Gasteiger partial charge >= 0.3 is 11.5 Å². The van der Waals surface area contributed by atoms with Gasteiger partial charge in [0, 0.05) is 19.6 Å². The average Bonchev–Trinajstić information content (AvgIpc) is 3.03. The lowest BCUT2D eigenvalue weighted by Crippen LogP contribution is -2.35. The van der Waals surface area contributed by atoms with Crippen LogP contribution in [0.3, 0.4) is 0 Å². The summed E-state index contributed by atoms with van der Waals surface area (Å²) in [5, 5.41) is 9.63. The minimum Gasteiger partial charge on any atom is -0.496 e. The van der Waals surface area contributed by atoms with Gasteiger partial charge in [-0.25, -0.2) is 0 Å². The molecule has 1 aliphatic heterocycles. The molecule has 9 heteroatoms. The first kappa shape index (κ1) is 21.2. The summed E-state index contributed by atoms with van der Waals surface area (Å²) in [7, 11) is 1.34. The number of carboxylic acid groups (broad SMARTS) is 1. The maximum atomic E-state index is 12.7. The fourth-order valence-corrected chi connectivity index (χ4v) is 4.86. The van der Waals surface area contributed by atoms with Gasteiger partial charge in [-0.3, -0.25) is 9.69 Å². The molecule has 1 saturated heterocycles. The van der Waals surface area contributed by atoms with E-state index in [4.69, 9.17) is 4.74 Å². The van der Waals surface area contributed by atoms with E-state index in [1.807, 2.05) is 4.90 Å². The normalized spacial score (nSPS) is 25.6. The number of halogens is 4. The minimum absolute atomic E-state index is 0. The molecule has 0 bridgehead atoms. The van der Waals surface area contributed by atoms with Gasteiger partial charge in [0.15, 0.2) is 0 Å². The second-order valence-corrected chi connectivity index (χ2v) is 7.86. The molecule has 0 unspecified atom stereocenters. The van der Waals surface area contributed by atoms with Gasteiger partial charge in [0.2, 0.25) is 0 Å². The number of benzene rings is 1. The van der Waals surface area contributed by atoms with E-state index in [0.717, 1.165) is 18.4 Å². The monoisotopic (exact) mass is 411 g/mol.